The average molecular weight is 328 g/mol. The molecule has 0 radical (unpaired) electrons. The van der Waals surface area contributed by atoms with Gasteiger partial charge in [0.05, 0.1) is 11.4 Å². The monoisotopic (exact) mass is 328 g/mol. The van der Waals surface area contributed by atoms with Gasteiger partial charge in [0.2, 0.25) is 0 Å². The summed E-state index contributed by atoms with van der Waals surface area (Å²) in [5.41, 5.74) is 8.63. The standard InChI is InChI=1S/C22H20N2O/c1-16-8-7-11-18(14-16)23-24-20-15-22(17-9-3-2-4-10-17)25-21-13-6-5-12-19(20)21/h2-14,22-23H,15H2,1H3/t22-/m1/s1. The van der Waals surface area contributed by atoms with E-state index in [0.29, 0.717) is 0 Å². The Morgan fingerprint density at radius 2 is 1.72 bits per heavy atom. The van der Waals surface area contributed by atoms with Crippen LogP contribution in [-0.2, 0) is 0 Å². The van der Waals surface area contributed by atoms with E-state index in [1.807, 2.05) is 48.5 Å². The first kappa shape index (κ1) is 15.5. The maximum Gasteiger partial charge on any atom is 0.129 e. The number of hydrazone groups is 1. The van der Waals surface area contributed by atoms with Gasteiger partial charge in [0.1, 0.15) is 11.9 Å². The van der Waals surface area contributed by atoms with Crippen LogP contribution in [0.5, 0.6) is 5.75 Å². The number of rotatable bonds is 3. The van der Waals surface area contributed by atoms with Crippen molar-refractivity contribution in [3.63, 3.8) is 0 Å². The van der Waals surface area contributed by atoms with Gasteiger partial charge in [-0.05, 0) is 42.3 Å². The van der Waals surface area contributed by atoms with E-state index in [9.17, 15) is 0 Å². The van der Waals surface area contributed by atoms with Gasteiger partial charge in [0.15, 0.2) is 0 Å². The van der Waals surface area contributed by atoms with Crippen LogP contribution in [0.3, 0.4) is 0 Å². The third-order valence-corrected chi connectivity index (χ3v) is 4.36. The van der Waals surface area contributed by atoms with Crippen molar-refractivity contribution < 1.29 is 4.74 Å². The van der Waals surface area contributed by atoms with Gasteiger partial charge in [-0.2, -0.15) is 5.10 Å². The van der Waals surface area contributed by atoms with E-state index in [4.69, 9.17) is 9.84 Å². The van der Waals surface area contributed by atoms with Gasteiger partial charge in [-0.1, -0.05) is 54.6 Å². The third-order valence-electron chi connectivity index (χ3n) is 4.36. The Morgan fingerprint density at radius 1 is 0.920 bits per heavy atom. The lowest BCUT2D eigenvalue weighted by molar-refractivity contribution is 0.206. The molecule has 0 spiro atoms. The van der Waals surface area contributed by atoms with Crippen LogP contribution in [0, 0.1) is 6.92 Å². The van der Waals surface area contributed by atoms with Crippen LogP contribution in [0.2, 0.25) is 0 Å². The van der Waals surface area contributed by atoms with Gasteiger partial charge < -0.3 is 4.74 Å². The Hall–Kier alpha value is -3.07. The highest BCUT2D eigenvalue weighted by atomic mass is 16.5. The first-order valence-corrected chi connectivity index (χ1v) is 8.50. The van der Waals surface area contributed by atoms with Crippen molar-refractivity contribution in [3.8, 4) is 5.75 Å². The quantitative estimate of drug-likeness (QED) is 0.659. The summed E-state index contributed by atoms with van der Waals surface area (Å²) in [5.74, 6) is 0.882. The summed E-state index contributed by atoms with van der Waals surface area (Å²) in [6.07, 6.45) is 0.717. The van der Waals surface area contributed by atoms with E-state index in [-0.39, 0.29) is 6.10 Å². The van der Waals surface area contributed by atoms with Gasteiger partial charge in [0.25, 0.3) is 0 Å². The zero-order valence-electron chi connectivity index (χ0n) is 14.1. The molecule has 25 heavy (non-hydrogen) atoms. The maximum absolute atomic E-state index is 6.21. The molecule has 0 unspecified atom stereocenters. The lowest BCUT2D eigenvalue weighted by Gasteiger charge is -2.27. The number of nitrogens with zero attached hydrogens (tertiary/aromatic N) is 1. The molecule has 0 bridgehead atoms. The maximum atomic E-state index is 6.21. The fourth-order valence-corrected chi connectivity index (χ4v) is 3.09. The Kier molecular flexibility index (Phi) is 4.21. The summed E-state index contributed by atoms with van der Waals surface area (Å²) in [7, 11) is 0. The van der Waals surface area contributed by atoms with Crippen LogP contribution in [-0.4, -0.2) is 5.71 Å². The number of para-hydroxylation sites is 1. The molecule has 0 aromatic heterocycles. The summed E-state index contributed by atoms with van der Waals surface area (Å²) < 4.78 is 6.21. The molecule has 3 aromatic carbocycles. The van der Waals surface area contributed by atoms with Crippen LogP contribution in [0.1, 0.15) is 29.2 Å². The molecular weight excluding hydrogens is 308 g/mol. The zero-order chi connectivity index (χ0) is 17.1. The van der Waals surface area contributed by atoms with E-state index in [1.165, 1.54) is 11.1 Å². The fourth-order valence-electron chi connectivity index (χ4n) is 3.09. The SMILES string of the molecule is Cc1cccc(NN=C2C[C@H](c3ccccc3)Oc3ccccc32)c1. The number of benzene rings is 3. The van der Waals surface area contributed by atoms with Crippen molar-refractivity contribution in [1.29, 1.82) is 0 Å². The molecule has 0 saturated heterocycles. The van der Waals surface area contributed by atoms with Crippen LogP contribution in [0.4, 0.5) is 5.69 Å². The summed E-state index contributed by atoms with van der Waals surface area (Å²) >= 11 is 0. The van der Waals surface area contributed by atoms with Gasteiger partial charge >= 0.3 is 0 Å². The predicted octanol–water partition coefficient (Wildman–Crippen LogP) is 5.34. The van der Waals surface area contributed by atoms with Gasteiger partial charge in [-0.25, -0.2) is 0 Å². The first-order valence-electron chi connectivity index (χ1n) is 8.50. The van der Waals surface area contributed by atoms with Crippen molar-refractivity contribution in [2.75, 3.05) is 5.43 Å². The zero-order valence-corrected chi connectivity index (χ0v) is 14.1. The molecule has 3 nitrogen and oxygen atoms in total. The Morgan fingerprint density at radius 3 is 2.56 bits per heavy atom. The second kappa shape index (κ2) is 6.81. The molecule has 0 aliphatic carbocycles. The molecule has 1 N–H and O–H groups in total. The smallest absolute Gasteiger partial charge is 0.129 e. The van der Waals surface area contributed by atoms with E-state index in [1.54, 1.807) is 0 Å². The van der Waals surface area contributed by atoms with Crippen molar-refractivity contribution in [3.05, 3.63) is 95.6 Å². The van der Waals surface area contributed by atoms with Gasteiger partial charge in [-0.3, -0.25) is 5.43 Å². The molecule has 1 aliphatic rings. The molecule has 3 aromatic rings. The van der Waals surface area contributed by atoms with Crippen LogP contribution in [0.15, 0.2) is 84.0 Å². The van der Waals surface area contributed by atoms with Crippen molar-refractivity contribution in [2.45, 2.75) is 19.4 Å². The second-order valence-corrected chi connectivity index (χ2v) is 6.26. The minimum atomic E-state index is -0.0193. The highest BCUT2D eigenvalue weighted by molar-refractivity contribution is 6.04. The molecule has 4 rings (SSSR count). The first-order chi connectivity index (χ1) is 12.3. The third kappa shape index (κ3) is 3.41. The molecular formula is C22H20N2O. The number of nitrogens with one attached hydrogen (secondary N) is 1. The fraction of sp³-hybridized carbons (Fsp3) is 0.136. The number of hydrogen-bond acceptors (Lipinski definition) is 3. The largest absolute Gasteiger partial charge is 0.485 e. The highest BCUT2D eigenvalue weighted by Gasteiger charge is 2.25. The molecule has 0 fully saturated rings. The molecule has 0 saturated carbocycles. The molecule has 1 aliphatic heterocycles. The average Bonchev–Trinajstić information content (AvgIpc) is 2.66. The lowest BCUT2D eigenvalue weighted by atomic mass is 9.96. The summed E-state index contributed by atoms with van der Waals surface area (Å²) in [6.45, 7) is 2.08. The predicted molar refractivity (Wildman–Crippen MR) is 102 cm³/mol. The van der Waals surface area contributed by atoms with Crippen LogP contribution in [0.25, 0.3) is 0 Å². The molecule has 124 valence electrons. The Balaban J connectivity index is 1.66. The van der Waals surface area contributed by atoms with Crippen molar-refractivity contribution >= 4 is 11.4 Å². The number of fused-ring (bicyclic) bond motifs is 1. The minimum absolute atomic E-state index is 0.0193. The number of ether oxygens (including phenoxy) is 1. The molecule has 1 atom stereocenters. The summed E-state index contributed by atoms with van der Waals surface area (Å²) in [5, 5.41) is 4.70. The van der Waals surface area contributed by atoms with Crippen molar-refractivity contribution in [1.82, 2.24) is 0 Å². The van der Waals surface area contributed by atoms with Crippen molar-refractivity contribution in [2.24, 2.45) is 5.10 Å². The topological polar surface area (TPSA) is 33.6 Å². The summed E-state index contributed by atoms with van der Waals surface area (Å²) in [6, 6.07) is 26.6. The lowest BCUT2D eigenvalue weighted by Crippen LogP contribution is -2.21. The number of anilines is 1. The highest BCUT2D eigenvalue weighted by Crippen LogP contribution is 2.35. The summed E-state index contributed by atoms with van der Waals surface area (Å²) in [4.78, 5) is 0. The number of aryl methyl sites for hydroxylation is 1. The second-order valence-electron chi connectivity index (χ2n) is 6.26. The molecule has 0 amide bonds. The molecule has 3 heteroatoms. The number of hydrogen-bond donors (Lipinski definition) is 1. The van der Waals surface area contributed by atoms with Crippen LogP contribution < -0.4 is 10.2 Å². The normalized spacial score (nSPS) is 17.6. The Labute approximate surface area is 148 Å². The van der Waals surface area contributed by atoms with E-state index in [0.717, 1.165) is 29.1 Å². The van der Waals surface area contributed by atoms with Gasteiger partial charge in [0, 0.05) is 12.0 Å². The van der Waals surface area contributed by atoms with Gasteiger partial charge in [-0.15, -0.1) is 0 Å². The Bertz CT molecular complexity index is 903. The molecule has 1 heterocycles. The minimum Gasteiger partial charge on any atom is -0.485 e. The van der Waals surface area contributed by atoms with E-state index >= 15 is 0 Å². The van der Waals surface area contributed by atoms with E-state index < -0.39 is 0 Å². The van der Waals surface area contributed by atoms with Crippen LogP contribution >= 0.6 is 0 Å². The van der Waals surface area contributed by atoms with E-state index in [2.05, 4.69) is 42.7 Å².